The lowest BCUT2D eigenvalue weighted by Crippen LogP contribution is -2.07. The Hall–Kier alpha value is -1.62. The number of nitrogens with zero attached hydrogens (tertiary/aromatic N) is 1. The van der Waals surface area contributed by atoms with Crippen LogP contribution < -0.4 is 5.32 Å². The summed E-state index contributed by atoms with van der Waals surface area (Å²) in [6.07, 6.45) is 1.56. The third kappa shape index (κ3) is 3.95. The van der Waals surface area contributed by atoms with Crippen molar-refractivity contribution >= 4 is 11.8 Å². The standard InChI is InChI=1S/C10H14N2O3/c13-7-2-1-6-11-9-5-3-4-8(12-9)10(14)15/h3-5,13H,1-2,6-7H2,(H,11,12)(H,14,15). The number of aliphatic hydroxyl groups is 1. The Kier molecular flexibility index (Phi) is 4.56. The largest absolute Gasteiger partial charge is 0.477 e. The molecule has 0 aliphatic heterocycles. The molecule has 5 nitrogen and oxygen atoms in total. The van der Waals surface area contributed by atoms with Gasteiger partial charge in [0.15, 0.2) is 5.69 Å². The monoisotopic (exact) mass is 210 g/mol. The number of carboxylic acids is 1. The SMILES string of the molecule is O=C(O)c1cccc(NCCCCO)n1. The molecule has 3 N–H and O–H groups in total. The van der Waals surface area contributed by atoms with Crippen molar-refractivity contribution in [1.82, 2.24) is 4.98 Å². The minimum absolute atomic E-state index is 0.0298. The number of hydrogen-bond donors (Lipinski definition) is 3. The van der Waals surface area contributed by atoms with Crippen molar-refractivity contribution in [2.24, 2.45) is 0 Å². The van der Waals surface area contributed by atoms with Gasteiger partial charge in [-0.25, -0.2) is 9.78 Å². The number of aromatic nitrogens is 1. The smallest absolute Gasteiger partial charge is 0.354 e. The van der Waals surface area contributed by atoms with Crippen LogP contribution in [-0.4, -0.2) is 34.3 Å². The van der Waals surface area contributed by atoms with Crippen LogP contribution in [0, 0.1) is 0 Å². The van der Waals surface area contributed by atoms with Crippen LogP contribution in [0.5, 0.6) is 0 Å². The summed E-state index contributed by atoms with van der Waals surface area (Å²) in [6, 6.07) is 4.80. The maximum Gasteiger partial charge on any atom is 0.354 e. The third-order valence-electron chi connectivity index (χ3n) is 1.86. The second-order valence-electron chi connectivity index (χ2n) is 3.07. The van der Waals surface area contributed by atoms with E-state index in [-0.39, 0.29) is 12.3 Å². The number of nitrogens with one attached hydrogen (secondary N) is 1. The second kappa shape index (κ2) is 5.98. The number of unbranched alkanes of at least 4 members (excludes halogenated alkanes) is 1. The molecular weight excluding hydrogens is 196 g/mol. The van der Waals surface area contributed by atoms with Crippen LogP contribution in [0.2, 0.25) is 0 Å². The van der Waals surface area contributed by atoms with Gasteiger partial charge in [-0.15, -0.1) is 0 Å². The number of aromatic carboxylic acids is 1. The normalized spacial score (nSPS) is 9.93. The van der Waals surface area contributed by atoms with Crippen molar-refractivity contribution in [3.63, 3.8) is 0 Å². The van der Waals surface area contributed by atoms with Crippen molar-refractivity contribution in [2.75, 3.05) is 18.5 Å². The van der Waals surface area contributed by atoms with Crippen LogP contribution >= 0.6 is 0 Å². The van der Waals surface area contributed by atoms with E-state index in [1.54, 1.807) is 12.1 Å². The molecule has 0 aliphatic rings. The minimum Gasteiger partial charge on any atom is -0.477 e. The molecule has 1 heterocycles. The Morgan fingerprint density at radius 1 is 1.40 bits per heavy atom. The van der Waals surface area contributed by atoms with Crippen LogP contribution in [-0.2, 0) is 0 Å². The highest BCUT2D eigenvalue weighted by atomic mass is 16.4. The summed E-state index contributed by atoms with van der Waals surface area (Å²) in [4.78, 5) is 14.5. The van der Waals surface area contributed by atoms with Gasteiger partial charge in [0.2, 0.25) is 0 Å². The fourth-order valence-corrected chi connectivity index (χ4v) is 1.11. The number of pyridine rings is 1. The maximum absolute atomic E-state index is 10.6. The summed E-state index contributed by atoms with van der Waals surface area (Å²) < 4.78 is 0. The average molecular weight is 210 g/mol. The number of aliphatic hydroxyl groups excluding tert-OH is 1. The highest BCUT2D eigenvalue weighted by Gasteiger charge is 2.03. The van der Waals surface area contributed by atoms with Crippen LogP contribution in [0.25, 0.3) is 0 Å². The second-order valence-corrected chi connectivity index (χ2v) is 3.07. The summed E-state index contributed by atoms with van der Waals surface area (Å²) in [7, 11) is 0. The Balaban J connectivity index is 2.47. The Bertz CT molecular complexity index is 328. The van der Waals surface area contributed by atoms with Gasteiger partial charge >= 0.3 is 5.97 Å². The molecule has 0 aliphatic carbocycles. The quantitative estimate of drug-likeness (QED) is 0.609. The fourth-order valence-electron chi connectivity index (χ4n) is 1.11. The highest BCUT2D eigenvalue weighted by Crippen LogP contribution is 2.05. The zero-order chi connectivity index (χ0) is 11.1. The summed E-state index contributed by atoms with van der Waals surface area (Å²) >= 11 is 0. The van der Waals surface area contributed by atoms with E-state index < -0.39 is 5.97 Å². The molecule has 0 amide bonds. The van der Waals surface area contributed by atoms with Gasteiger partial charge in [-0.1, -0.05) is 6.07 Å². The number of carboxylic acid groups (broad SMARTS) is 1. The molecule has 0 spiro atoms. The zero-order valence-corrected chi connectivity index (χ0v) is 8.31. The van der Waals surface area contributed by atoms with Crippen LogP contribution in [0.3, 0.4) is 0 Å². The van der Waals surface area contributed by atoms with E-state index in [2.05, 4.69) is 10.3 Å². The predicted molar refractivity (Wildman–Crippen MR) is 56.0 cm³/mol. The molecule has 1 aromatic heterocycles. The molecule has 0 bridgehead atoms. The predicted octanol–water partition coefficient (Wildman–Crippen LogP) is 0.964. The van der Waals surface area contributed by atoms with Gasteiger partial charge in [0.25, 0.3) is 0 Å². The van der Waals surface area contributed by atoms with E-state index in [1.165, 1.54) is 6.07 Å². The molecule has 82 valence electrons. The molecule has 1 rings (SSSR count). The van der Waals surface area contributed by atoms with E-state index in [0.29, 0.717) is 12.4 Å². The summed E-state index contributed by atoms with van der Waals surface area (Å²) in [6.45, 7) is 0.848. The summed E-state index contributed by atoms with van der Waals surface area (Å²) in [5.74, 6) is -0.484. The molecular formula is C10H14N2O3. The number of carbonyl (C=O) groups is 1. The van der Waals surface area contributed by atoms with Crippen LogP contribution in [0.1, 0.15) is 23.3 Å². The molecule has 0 atom stereocenters. The topological polar surface area (TPSA) is 82.5 Å². The summed E-state index contributed by atoms with van der Waals surface area (Å²) in [5, 5.41) is 20.2. The third-order valence-corrected chi connectivity index (χ3v) is 1.86. The molecule has 0 unspecified atom stereocenters. The van der Waals surface area contributed by atoms with Crippen molar-refractivity contribution in [3.8, 4) is 0 Å². The van der Waals surface area contributed by atoms with E-state index in [0.717, 1.165) is 12.8 Å². The molecule has 0 radical (unpaired) electrons. The van der Waals surface area contributed by atoms with Crippen molar-refractivity contribution < 1.29 is 15.0 Å². The number of hydrogen-bond acceptors (Lipinski definition) is 4. The molecule has 0 aromatic carbocycles. The van der Waals surface area contributed by atoms with E-state index in [1.807, 2.05) is 0 Å². The first-order valence-corrected chi connectivity index (χ1v) is 4.79. The first kappa shape index (κ1) is 11.5. The Morgan fingerprint density at radius 3 is 2.87 bits per heavy atom. The molecule has 0 saturated heterocycles. The highest BCUT2D eigenvalue weighted by molar-refractivity contribution is 5.85. The lowest BCUT2D eigenvalue weighted by molar-refractivity contribution is 0.0690. The molecule has 1 aromatic rings. The van der Waals surface area contributed by atoms with Crippen molar-refractivity contribution in [1.29, 1.82) is 0 Å². The van der Waals surface area contributed by atoms with Gasteiger partial charge in [0.1, 0.15) is 5.82 Å². The Labute approximate surface area is 87.8 Å². The first-order chi connectivity index (χ1) is 7.24. The van der Waals surface area contributed by atoms with Crippen LogP contribution in [0.4, 0.5) is 5.82 Å². The lowest BCUT2D eigenvalue weighted by atomic mass is 10.3. The van der Waals surface area contributed by atoms with Gasteiger partial charge in [0.05, 0.1) is 0 Å². The molecule has 0 fully saturated rings. The van der Waals surface area contributed by atoms with Gasteiger partial charge in [-0.3, -0.25) is 0 Å². The van der Waals surface area contributed by atoms with Crippen LogP contribution in [0.15, 0.2) is 18.2 Å². The summed E-state index contributed by atoms with van der Waals surface area (Å²) in [5.41, 5.74) is 0.0298. The lowest BCUT2D eigenvalue weighted by Gasteiger charge is -2.04. The zero-order valence-electron chi connectivity index (χ0n) is 8.31. The van der Waals surface area contributed by atoms with E-state index in [9.17, 15) is 4.79 Å². The number of anilines is 1. The van der Waals surface area contributed by atoms with E-state index in [4.69, 9.17) is 10.2 Å². The molecule has 0 saturated carbocycles. The van der Waals surface area contributed by atoms with Crippen molar-refractivity contribution in [3.05, 3.63) is 23.9 Å². The van der Waals surface area contributed by atoms with E-state index >= 15 is 0 Å². The van der Waals surface area contributed by atoms with Crippen molar-refractivity contribution in [2.45, 2.75) is 12.8 Å². The molecule has 5 heteroatoms. The first-order valence-electron chi connectivity index (χ1n) is 4.79. The van der Waals surface area contributed by atoms with Gasteiger partial charge in [-0.05, 0) is 25.0 Å². The Morgan fingerprint density at radius 2 is 2.20 bits per heavy atom. The fraction of sp³-hybridized carbons (Fsp3) is 0.400. The van der Waals surface area contributed by atoms with Gasteiger partial charge < -0.3 is 15.5 Å². The average Bonchev–Trinajstić information content (AvgIpc) is 2.25. The molecule has 15 heavy (non-hydrogen) atoms. The number of rotatable bonds is 6. The van der Waals surface area contributed by atoms with Gasteiger partial charge in [-0.2, -0.15) is 0 Å². The van der Waals surface area contributed by atoms with Gasteiger partial charge in [0, 0.05) is 13.2 Å². The maximum atomic E-state index is 10.6. The minimum atomic E-state index is -1.03.